The van der Waals surface area contributed by atoms with Crippen LogP contribution in [-0.2, 0) is 23.9 Å². The summed E-state index contributed by atoms with van der Waals surface area (Å²) in [5, 5.41) is 10.2. The molecule has 1 rings (SSSR count). The minimum absolute atomic E-state index is 0.0774. The van der Waals surface area contributed by atoms with Gasteiger partial charge in [0, 0.05) is 45.3 Å². The van der Waals surface area contributed by atoms with Gasteiger partial charge in [-0.2, -0.15) is 0 Å². The number of methoxy groups -OCH3 is 2. The lowest BCUT2D eigenvalue weighted by molar-refractivity contribution is -0.140. The maximum atomic E-state index is 12.1. The van der Waals surface area contributed by atoms with Gasteiger partial charge in [0.15, 0.2) is 0 Å². The Morgan fingerprint density at radius 2 is 1.92 bits per heavy atom. The van der Waals surface area contributed by atoms with Gasteiger partial charge in [-0.05, 0) is 38.0 Å². The summed E-state index contributed by atoms with van der Waals surface area (Å²) < 4.78 is 9.52. The smallest absolute Gasteiger partial charge is 0.305 e. The van der Waals surface area contributed by atoms with Crippen LogP contribution < -0.4 is 0 Å². The quantitative estimate of drug-likeness (QED) is 0.305. The fourth-order valence-corrected chi connectivity index (χ4v) is 3.41. The Bertz CT molecular complexity index is 485. The third kappa shape index (κ3) is 8.23. The number of esters is 1. The van der Waals surface area contributed by atoms with Crippen LogP contribution in [-0.4, -0.2) is 49.6 Å². The Hall–Kier alpha value is -1.53. The molecule has 0 aromatic heterocycles. The molecule has 0 bridgehead atoms. The van der Waals surface area contributed by atoms with Gasteiger partial charge in [-0.25, -0.2) is 0 Å². The SMILES string of the molecule is COCCCC(=O)CCC1C(O)CC(=O)C1C/C=C/CCCC(=O)OC. The molecule has 0 aromatic carbocycles. The van der Waals surface area contributed by atoms with E-state index in [9.17, 15) is 19.5 Å². The third-order valence-electron chi connectivity index (χ3n) is 4.93. The van der Waals surface area contributed by atoms with Crippen molar-refractivity contribution in [3.8, 4) is 0 Å². The maximum Gasteiger partial charge on any atom is 0.305 e. The molecule has 0 heterocycles. The highest BCUT2D eigenvalue weighted by atomic mass is 16.5. The van der Waals surface area contributed by atoms with Gasteiger partial charge in [0.25, 0.3) is 0 Å². The summed E-state index contributed by atoms with van der Waals surface area (Å²) in [5.74, 6) is -0.343. The first kappa shape index (κ1) is 22.5. The van der Waals surface area contributed by atoms with Gasteiger partial charge in [0.1, 0.15) is 11.6 Å². The zero-order valence-electron chi connectivity index (χ0n) is 15.9. The largest absolute Gasteiger partial charge is 0.469 e. The molecule has 1 aliphatic rings. The molecule has 3 atom stereocenters. The van der Waals surface area contributed by atoms with E-state index in [1.165, 1.54) is 7.11 Å². The molecule has 6 nitrogen and oxygen atoms in total. The number of hydrogen-bond donors (Lipinski definition) is 1. The molecule has 0 amide bonds. The van der Waals surface area contributed by atoms with Gasteiger partial charge in [-0.1, -0.05) is 12.2 Å². The molecule has 1 fully saturated rings. The van der Waals surface area contributed by atoms with Gasteiger partial charge in [-0.15, -0.1) is 0 Å². The molecule has 0 aliphatic heterocycles. The Morgan fingerprint density at radius 3 is 2.62 bits per heavy atom. The van der Waals surface area contributed by atoms with Gasteiger partial charge >= 0.3 is 5.97 Å². The summed E-state index contributed by atoms with van der Waals surface area (Å²) in [4.78, 5) is 35.1. The Morgan fingerprint density at radius 1 is 1.15 bits per heavy atom. The van der Waals surface area contributed by atoms with E-state index in [1.807, 2.05) is 12.2 Å². The number of unbranched alkanes of at least 4 members (excludes halogenated alkanes) is 1. The predicted molar refractivity (Wildman–Crippen MR) is 97.6 cm³/mol. The average Bonchev–Trinajstić information content (AvgIpc) is 2.89. The van der Waals surface area contributed by atoms with E-state index >= 15 is 0 Å². The van der Waals surface area contributed by atoms with Crippen LogP contribution in [0.2, 0.25) is 0 Å². The van der Waals surface area contributed by atoms with Crippen LogP contribution in [0.1, 0.15) is 57.8 Å². The number of carbonyl (C=O) groups is 3. The zero-order chi connectivity index (χ0) is 19.4. The molecule has 0 saturated heterocycles. The predicted octanol–water partition coefficient (Wildman–Crippen LogP) is 2.62. The number of Topliss-reactive ketones (excluding diaryl/α,β-unsaturated/α-hetero) is 2. The number of hydrogen-bond acceptors (Lipinski definition) is 6. The van der Waals surface area contributed by atoms with Gasteiger partial charge in [0.2, 0.25) is 0 Å². The molecule has 0 aromatic rings. The van der Waals surface area contributed by atoms with Crippen molar-refractivity contribution in [1.29, 1.82) is 0 Å². The number of carbonyl (C=O) groups excluding carboxylic acids is 3. The number of aliphatic hydroxyl groups excluding tert-OH is 1. The van der Waals surface area contributed by atoms with Crippen LogP contribution in [0.25, 0.3) is 0 Å². The van der Waals surface area contributed by atoms with Crippen molar-refractivity contribution in [2.24, 2.45) is 11.8 Å². The van der Waals surface area contributed by atoms with Crippen molar-refractivity contribution in [3.63, 3.8) is 0 Å². The minimum Gasteiger partial charge on any atom is -0.469 e. The van der Waals surface area contributed by atoms with E-state index < -0.39 is 6.10 Å². The van der Waals surface area contributed by atoms with Crippen LogP contribution in [0.15, 0.2) is 12.2 Å². The minimum atomic E-state index is -0.646. The lowest BCUT2D eigenvalue weighted by Gasteiger charge is -2.19. The summed E-state index contributed by atoms with van der Waals surface area (Å²) in [6.07, 6.45) is 8.03. The molecule has 0 spiro atoms. The van der Waals surface area contributed by atoms with Crippen molar-refractivity contribution < 1.29 is 29.0 Å². The van der Waals surface area contributed by atoms with E-state index in [4.69, 9.17) is 4.74 Å². The number of ether oxygens (including phenoxy) is 2. The van der Waals surface area contributed by atoms with Crippen molar-refractivity contribution in [3.05, 3.63) is 12.2 Å². The topological polar surface area (TPSA) is 89.9 Å². The molecule has 1 saturated carbocycles. The first-order valence-corrected chi connectivity index (χ1v) is 9.42. The van der Waals surface area contributed by atoms with Crippen molar-refractivity contribution in [2.75, 3.05) is 20.8 Å². The van der Waals surface area contributed by atoms with E-state index in [-0.39, 0.29) is 35.8 Å². The molecule has 6 heteroatoms. The van der Waals surface area contributed by atoms with Crippen LogP contribution in [0.5, 0.6) is 0 Å². The standard InChI is InChI=1S/C20H32O6/c1-25-13-7-8-15(21)11-12-17-16(18(22)14-19(17)23)9-5-3-4-6-10-20(24)26-2/h3,5,16-17,19,23H,4,6-14H2,1-2H3/b5-3+. The first-order chi connectivity index (χ1) is 12.5. The molecule has 26 heavy (non-hydrogen) atoms. The van der Waals surface area contributed by atoms with E-state index in [0.717, 1.165) is 6.42 Å². The molecule has 1 N–H and O–H groups in total. The Kier molecular flexibility index (Phi) is 11.1. The van der Waals surface area contributed by atoms with Crippen molar-refractivity contribution in [1.82, 2.24) is 0 Å². The fraction of sp³-hybridized carbons (Fsp3) is 0.750. The Balaban J connectivity index is 2.38. The summed E-state index contributed by atoms with van der Waals surface area (Å²) in [7, 11) is 2.98. The lowest BCUT2D eigenvalue weighted by Crippen LogP contribution is -2.21. The second-order valence-corrected chi connectivity index (χ2v) is 6.86. The summed E-state index contributed by atoms with van der Waals surface area (Å²) >= 11 is 0. The highest BCUT2D eigenvalue weighted by Crippen LogP contribution is 2.35. The summed E-state index contributed by atoms with van der Waals surface area (Å²) in [6, 6.07) is 0. The van der Waals surface area contributed by atoms with Crippen molar-refractivity contribution >= 4 is 17.5 Å². The first-order valence-electron chi connectivity index (χ1n) is 9.42. The number of ketones is 2. The molecule has 1 aliphatic carbocycles. The fourth-order valence-electron chi connectivity index (χ4n) is 3.41. The second-order valence-electron chi connectivity index (χ2n) is 6.86. The highest BCUT2D eigenvalue weighted by molar-refractivity contribution is 5.84. The van der Waals surface area contributed by atoms with Gasteiger partial charge in [0.05, 0.1) is 13.2 Å². The lowest BCUT2D eigenvalue weighted by atomic mass is 9.86. The third-order valence-corrected chi connectivity index (χ3v) is 4.93. The summed E-state index contributed by atoms with van der Waals surface area (Å²) in [5.41, 5.74) is 0. The van der Waals surface area contributed by atoms with Crippen molar-refractivity contribution in [2.45, 2.75) is 63.9 Å². The number of rotatable bonds is 13. The zero-order valence-corrected chi connectivity index (χ0v) is 15.9. The number of aliphatic hydroxyl groups is 1. The average molecular weight is 368 g/mol. The van der Waals surface area contributed by atoms with Crippen LogP contribution in [0.4, 0.5) is 0 Å². The molecular weight excluding hydrogens is 336 g/mol. The van der Waals surface area contributed by atoms with Crippen LogP contribution in [0.3, 0.4) is 0 Å². The van der Waals surface area contributed by atoms with E-state index in [1.54, 1.807) is 7.11 Å². The normalized spacial score (nSPS) is 22.9. The summed E-state index contributed by atoms with van der Waals surface area (Å²) in [6.45, 7) is 0.569. The Labute approximate surface area is 155 Å². The highest BCUT2D eigenvalue weighted by Gasteiger charge is 2.40. The number of allylic oxidation sites excluding steroid dienone is 2. The molecular formula is C20H32O6. The molecule has 0 radical (unpaired) electrons. The van der Waals surface area contributed by atoms with E-state index in [2.05, 4.69) is 4.74 Å². The van der Waals surface area contributed by atoms with Gasteiger partial charge < -0.3 is 14.6 Å². The molecule has 3 unspecified atom stereocenters. The second kappa shape index (κ2) is 12.8. The monoisotopic (exact) mass is 368 g/mol. The maximum absolute atomic E-state index is 12.1. The van der Waals surface area contributed by atoms with E-state index in [0.29, 0.717) is 51.6 Å². The van der Waals surface area contributed by atoms with Gasteiger partial charge in [-0.3, -0.25) is 14.4 Å². The van der Waals surface area contributed by atoms with Crippen LogP contribution in [0, 0.1) is 11.8 Å². The molecule has 148 valence electrons. The van der Waals surface area contributed by atoms with Crippen LogP contribution >= 0.6 is 0 Å².